The molecule has 2 aromatic rings. The summed E-state index contributed by atoms with van der Waals surface area (Å²) in [6, 6.07) is 2.05. The van der Waals surface area contributed by atoms with Crippen LogP contribution in [0.2, 0.25) is 0 Å². The fourth-order valence-electron chi connectivity index (χ4n) is 3.18. The number of fused-ring (bicyclic) bond motifs is 1. The predicted molar refractivity (Wildman–Crippen MR) is 92.1 cm³/mol. The van der Waals surface area contributed by atoms with Crippen molar-refractivity contribution in [1.29, 1.82) is 0 Å². The summed E-state index contributed by atoms with van der Waals surface area (Å²) in [6.45, 7) is 9.80. The quantitative estimate of drug-likeness (QED) is 0.907. The fraction of sp³-hybridized carbons (Fsp3) is 0.588. The Morgan fingerprint density at radius 3 is 2.62 bits per heavy atom. The molecule has 1 aliphatic rings. The van der Waals surface area contributed by atoms with E-state index in [-0.39, 0.29) is 18.6 Å². The lowest BCUT2D eigenvalue weighted by atomic mass is 10.1. The highest BCUT2D eigenvalue weighted by Crippen LogP contribution is 2.22. The van der Waals surface area contributed by atoms with E-state index in [1.165, 1.54) is 0 Å². The SMILES string of the molecule is Cc1cc(C(=O)N2CCN(CCO)CC2)c2cnn(C(C)C)c2n1. The van der Waals surface area contributed by atoms with Crippen LogP contribution in [0.1, 0.15) is 35.9 Å². The maximum atomic E-state index is 13.0. The van der Waals surface area contributed by atoms with Crippen molar-refractivity contribution in [2.45, 2.75) is 26.8 Å². The first-order chi connectivity index (χ1) is 11.5. The van der Waals surface area contributed by atoms with Crippen LogP contribution in [0.5, 0.6) is 0 Å². The van der Waals surface area contributed by atoms with E-state index in [1.807, 2.05) is 22.6 Å². The largest absolute Gasteiger partial charge is 0.395 e. The second kappa shape index (κ2) is 6.86. The Bertz CT molecular complexity index is 732. The molecule has 0 unspecified atom stereocenters. The van der Waals surface area contributed by atoms with E-state index in [1.54, 1.807) is 6.20 Å². The number of piperazine rings is 1. The molecule has 0 atom stereocenters. The minimum atomic E-state index is 0.0393. The number of aliphatic hydroxyl groups is 1. The molecule has 2 aromatic heterocycles. The number of β-amino-alcohol motifs (C(OH)–C–C–N with tert-alkyl or cyclic N) is 1. The second-order valence-electron chi connectivity index (χ2n) is 6.59. The summed E-state index contributed by atoms with van der Waals surface area (Å²) in [5.41, 5.74) is 2.28. The van der Waals surface area contributed by atoms with E-state index in [0.29, 0.717) is 25.2 Å². The van der Waals surface area contributed by atoms with Crippen molar-refractivity contribution in [3.63, 3.8) is 0 Å². The number of aromatic nitrogens is 3. The normalized spacial score (nSPS) is 16.3. The standard InChI is InChI=1S/C17H25N5O2/c1-12(2)22-16-15(11-18-22)14(10-13(3)19-16)17(24)21-6-4-20(5-7-21)8-9-23/h10-12,23H,4-9H2,1-3H3. The molecule has 1 aliphatic heterocycles. The van der Waals surface area contributed by atoms with Gasteiger partial charge in [-0.05, 0) is 26.8 Å². The molecule has 0 saturated carbocycles. The Kier molecular flexibility index (Phi) is 4.82. The zero-order chi connectivity index (χ0) is 17.3. The minimum absolute atomic E-state index is 0.0393. The molecule has 0 bridgehead atoms. The number of hydrogen-bond acceptors (Lipinski definition) is 5. The Hall–Kier alpha value is -1.99. The third-order valence-electron chi connectivity index (χ3n) is 4.49. The van der Waals surface area contributed by atoms with Gasteiger partial charge in [-0.1, -0.05) is 0 Å². The first-order valence-corrected chi connectivity index (χ1v) is 8.48. The zero-order valence-electron chi connectivity index (χ0n) is 14.6. The third-order valence-corrected chi connectivity index (χ3v) is 4.49. The third kappa shape index (κ3) is 3.14. The molecule has 130 valence electrons. The van der Waals surface area contributed by atoms with E-state index in [2.05, 4.69) is 28.8 Å². The molecule has 1 amide bonds. The molecule has 7 heteroatoms. The van der Waals surface area contributed by atoms with Gasteiger partial charge < -0.3 is 10.0 Å². The van der Waals surface area contributed by atoms with Crippen LogP contribution in [0.25, 0.3) is 11.0 Å². The number of aliphatic hydroxyl groups excluding tert-OH is 1. The van der Waals surface area contributed by atoms with Crippen LogP contribution in [-0.2, 0) is 0 Å². The topological polar surface area (TPSA) is 74.5 Å². The molecule has 0 spiro atoms. The molecular weight excluding hydrogens is 306 g/mol. The number of rotatable bonds is 4. The lowest BCUT2D eigenvalue weighted by Crippen LogP contribution is -2.49. The summed E-state index contributed by atoms with van der Waals surface area (Å²) < 4.78 is 1.86. The first-order valence-electron chi connectivity index (χ1n) is 8.48. The number of pyridine rings is 1. The number of carbonyl (C=O) groups is 1. The van der Waals surface area contributed by atoms with Crippen molar-refractivity contribution in [2.75, 3.05) is 39.3 Å². The van der Waals surface area contributed by atoms with Crippen molar-refractivity contribution in [3.8, 4) is 0 Å². The molecular formula is C17H25N5O2. The highest BCUT2D eigenvalue weighted by Gasteiger charge is 2.24. The molecule has 0 radical (unpaired) electrons. The summed E-state index contributed by atoms with van der Waals surface area (Å²) >= 11 is 0. The molecule has 0 aromatic carbocycles. The van der Waals surface area contributed by atoms with Gasteiger partial charge in [0.25, 0.3) is 5.91 Å². The van der Waals surface area contributed by atoms with Crippen LogP contribution < -0.4 is 0 Å². The molecule has 0 aliphatic carbocycles. The Labute approximate surface area is 141 Å². The van der Waals surface area contributed by atoms with Crippen LogP contribution in [0.3, 0.4) is 0 Å². The van der Waals surface area contributed by atoms with Gasteiger partial charge in [0.1, 0.15) is 0 Å². The molecule has 24 heavy (non-hydrogen) atoms. The van der Waals surface area contributed by atoms with Crippen molar-refractivity contribution in [2.24, 2.45) is 0 Å². The summed E-state index contributed by atoms with van der Waals surface area (Å²) in [4.78, 5) is 21.6. The smallest absolute Gasteiger partial charge is 0.254 e. The van der Waals surface area contributed by atoms with E-state index in [4.69, 9.17) is 5.11 Å². The minimum Gasteiger partial charge on any atom is -0.395 e. The average molecular weight is 331 g/mol. The van der Waals surface area contributed by atoms with E-state index in [9.17, 15) is 4.79 Å². The summed E-state index contributed by atoms with van der Waals surface area (Å²) in [7, 11) is 0. The lowest BCUT2D eigenvalue weighted by molar-refractivity contribution is 0.0616. The summed E-state index contributed by atoms with van der Waals surface area (Å²) in [5.74, 6) is 0.0393. The van der Waals surface area contributed by atoms with Gasteiger partial charge in [0, 0.05) is 44.5 Å². The second-order valence-corrected chi connectivity index (χ2v) is 6.59. The predicted octanol–water partition coefficient (Wildman–Crippen LogP) is 1.07. The molecule has 3 heterocycles. The zero-order valence-corrected chi connectivity index (χ0v) is 14.6. The Morgan fingerprint density at radius 2 is 2.00 bits per heavy atom. The van der Waals surface area contributed by atoms with Gasteiger partial charge in [0.15, 0.2) is 5.65 Å². The van der Waals surface area contributed by atoms with E-state index in [0.717, 1.165) is 29.8 Å². The number of carbonyl (C=O) groups excluding carboxylic acids is 1. The number of aryl methyl sites for hydroxylation is 1. The van der Waals surface area contributed by atoms with Gasteiger partial charge in [-0.3, -0.25) is 9.69 Å². The van der Waals surface area contributed by atoms with Gasteiger partial charge in [-0.15, -0.1) is 0 Å². The molecule has 1 fully saturated rings. The van der Waals surface area contributed by atoms with Gasteiger partial charge in [-0.25, -0.2) is 9.67 Å². The Morgan fingerprint density at radius 1 is 1.29 bits per heavy atom. The summed E-state index contributed by atoms with van der Waals surface area (Å²) in [6.07, 6.45) is 1.75. The summed E-state index contributed by atoms with van der Waals surface area (Å²) in [5, 5.41) is 14.3. The first kappa shape index (κ1) is 16.9. The van der Waals surface area contributed by atoms with Crippen molar-refractivity contribution in [1.82, 2.24) is 24.6 Å². The monoisotopic (exact) mass is 331 g/mol. The van der Waals surface area contributed by atoms with E-state index >= 15 is 0 Å². The van der Waals surface area contributed by atoms with Gasteiger partial charge >= 0.3 is 0 Å². The van der Waals surface area contributed by atoms with Crippen LogP contribution in [0.15, 0.2) is 12.3 Å². The number of amides is 1. The van der Waals surface area contributed by atoms with Gasteiger partial charge in [0.05, 0.1) is 23.8 Å². The average Bonchev–Trinajstić information content (AvgIpc) is 2.98. The lowest BCUT2D eigenvalue weighted by Gasteiger charge is -2.34. The van der Waals surface area contributed by atoms with Crippen LogP contribution >= 0.6 is 0 Å². The van der Waals surface area contributed by atoms with Crippen molar-refractivity contribution in [3.05, 3.63) is 23.5 Å². The molecule has 1 saturated heterocycles. The highest BCUT2D eigenvalue weighted by atomic mass is 16.3. The van der Waals surface area contributed by atoms with Gasteiger partial charge in [0.2, 0.25) is 0 Å². The molecule has 1 N–H and O–H groups in total. The Balaban J connectivity index is 1.88. The van der Waals surface area contributed by atoms with Crippen LogP contribution in [0, 0.1) is 6.92 Å². The van der Waals surface area contributed by atoms with E-state index < -0.39 is 0 Å². The fourth-order valence-corrected chi connectivity index (χ4v) is 3.18. The number of nitrogens with zero attached hydrogens (tertiary/aromatic N) is 5. The molecule has 7 nitrogen and oxygen atoms in total. The number of hydrogen-bond donors (Lipinski definition) is 1. The van der Waals surface area contributed by atoms with Gasteiger partial charge in [-0.2, -0.15) is 5.10 Å². The highest BCUT2D eigenvalue weighted by molar-refractivity contribution is 6.05. The molecule has 3 rings (SSSR count). The maximum Gasteiger partial charge on any atom is 0.254 e. The van der Waals surface area contributed by atoms with Crippen LogP contribution in [0.4, 0.5) is 0 Å². The van der Waals surface area contributed by atoms with Crippen LogP contribution in [-0.4, -0.2) is 74.9 Å². The van der Waals surface area contributed by atoms with Crippen molar-refractivity contribution >= 4 is 16.9 Å². The van der Waals surface area contributed by atoms with Crippen molar-refractivity contribution < 1.29 is 9.90 Å². The maximum absolute atomic E-state index is 13.0.